The Morgan fingerprint density at radius 1 is 1.00 bits per heavy atom. The second-order valence-corrected chi connectivity index (χ2v) is 8.26. The van der Waals surface area contributed by atoms with Crippen molar-refractivity contribution in [1.29, 1.82) is 0 Å². The van der Waals surface area contributed by atoms with Gasteiger partial charge in [-0.25, -0.2) is 0 Å². The lowest BCUT2D eigenvalue weighted by Gasteiger charge is -2.26. The lowest BCUT2D eigenvalue weighted by Crippen LogP contribution is -2.98. The zero-order chi connectivity index (χ0) is 21.0. The standard InChI is InChI=1S/C24H21N3O3/c1-3-13-26-18-12-8-7-11-17(18)24(23(26)30)20-19(15(2)25-24)21(28)27(22(20)29)14-16-9-5-4-6-10-16/h1,4-12,15,19-20,25H,13-14H2,2H3/p+1/t15-,19-,20-,24-/m0/s1. The summed E-state index contributed by atoms with van der Waals surface area (Å²) in [6.45, 7) is 2.27. The van der Waals surface area contributed by atoms with Crippen molar-refractivity contribution in [2.45, 2.75) is 25.0 Å². The Balaban J connectivity index is 1.61. The predicted octanol–water partition coefficient (Wildman–Crippen LogP) is 0.629. The Kier molecular flexibility index (Phi) is 4.05. The molecular formula is C24H22N3O3+. The number of imide groups is 1. The van der Waals surface area contributed by atoms with Gasteiger partial charge >= 0.3 is 0 Å². The van der Waals surface area contributed by atoms with Crippen molar-refractivity contribution in [1.82, 2.24) is 4.90 Å². The molecule has 0 unspecified atom stereocenters. The molecule has 4 atom stereocenters. The van der Waals surface area contributed by atoms with Crippen LogP contribution >= 0.6 is 0 Å². The molecule has 30 heavy (non-hydrogen) atoms. The van der Waals surface area contributed by atoms with Gasteiger partial charge in [0.2, 0.25) is 17.4 Å². The van der Waals surface area contributed by atoms with Crippen molar-refractivity contribution >= 4 is 23.4 Å². The van der Waals surface area contributed by atoms with Crippen molar-refractivity contribution in [3.63, 3.8) is 0 Å². The molecule has 2 aromatic rings. The quantitative estimate of drug-likeness (QED) is 0.607. The molecule has 5 rings (SSSR count). The van der Waals surface area contributed by atoms with Crippen molar-refractivity contribution in [3.05, 3.63) is 65.7 Å². The first-order valence-corrected chi connectivity index (χ1v) is 10.1. The fourth-order valence-electron chi connectivity index (χ4n) is 5.52. The van der Waals surface area contributed by atoms with Gasteiger partial charge in [-0.3, -0.25) is 24.2 Å². The number of rotatable bonds is 3. The minimum Gasteiger partial charge on any atom is -0.326 e. The van der Waals surface area contributed by atoms with Crippen LogP contribution < -0.4 is 10.2 Å². The highest BCUT2D eigenvalue weighted by atomic mass is 16.2. The van der Waals surface area contributed by atoms with E-state index in [0.29, 0.717) is 0 Å². The Morgan fingerprint density at radius 3 is 2.43 bits per heavy atom. The van der Waals surface area contributed by atoms with E-state index in [1.807, 2.05) is 66.8 Å². The number of hydrogen-bond donors (Lipinski definition) is 1. The van der Waals surface area contributed by atoms with E-state index in [1.54, 1.807) is 4.90 Å². The third-order valence-electron chi connectivity index (χ3n) is 6.70. The average Bonchev–Trinajstić information content (AvgIpc) is 3.29. The molecular weight excluding hydrogens is 378 g/mol. The first-order chi connectivity index (χ1) is 14.5. The number of benzene rings is 2. The first kappa shape index (κ1) is 18.6. The summed E-state index contributed by atoms with van der Waals surface area (Å²) in [5, 5.41) is 1.91. The number of fused-ring (bicyclic) bond motifs is 4. The van der Waals surface area contributed by atoms with Gasteiger partial charge in [-0.15, -0.1) is 6.42 Å². The maximum absolute atomic E-state index is 13.7. The number of hydrogen-bond acceptors (Lipinski definition) is 3. The van der Waals surface area contributed by atoms with Gasteiger partial charge in [-0.1, -0.05) is 54.5 Å². The Hall–Kier alpha value is -3.43. The topological polar surface area (TPSA) is 74.3 Å². The smallest absolute Gasteiger partial charge is 0.295 e. The highest BCUT2D eigenvalue weighted by molar-refractivity contribution is 6.14. The number of anilines is 1. The van der Waals surface area contributed by atoms with Crippen LogP contribution in [0, 0.1) is 24.2 Å². The van der Waals surface area contributed by atoms with Gasteiger partial charge in [-0.2, -0.15) is 0 Å². The lowest BCUT2D eigenvalue weighted by atomic mass is 9.76. The van der Waals surface area contributed by atoms with Crippen LogP contribution in [-0.4, -0.2) is 35.2 Å². The minimum absolute atomic E-state index is 0.132. The molecule has 0 aliphatic carbocycles. The molecule has 3 aliphatic rings. The molecule has 1 spiro atoms. The molecule has 150 valence electrons. The van der Waals surface area contributed by atoms with Gasteiger partial charge in [0.15, 0.2) is 0 Å². The Labute approximate surface area is 174 Å². The predicted molar refractivity (Wildman–Crippen MR) is 110 cm³/mol. The molecule has 0 aromatic heterocycles. The SMILES string of the molecule is C#CCN1C(=O)[C@]2([NH2+][C@@H](C)[C@@H]3C(=O)N(Cc4ccccc4)C(=O)[C@H]32)c2ccccc21. The molecule has 3 aliphatic heterocycles. The number of nitrogens with two attached hydrogens (primary N) is 1. The molecule has 0 radical (unpaired) electrons. The summed E-state index contributed by atoms with van der Waals surface area (Å²) in [7, 11) is 0. The zero-order valence-corrected chi connectivity index (χ0v) is 16.6. The molecule has 0 bridgehead atoms. The molecule has 2 aromatic carbocycles. The summed E-state index contributed by atoms with van der Waals surface area (Å²) < 4.78 is 0. The number of terminal acetylenes is 1. The molecule has 6 heteroatoms. The van der Waals surface area contributed by atoms with E-state index in [4.69, 9.17) is 6.42 Å². The van der Waals surface area contributed by atoms with E-state index < -0.39 is 17.4 Å². The van der Waals surface area contributed by atoms with E-state index in [1.165, 1.54) is 4.90 Å². The number of para-hydroxylation sites is 1. The largest absolute Gasteiger partial charge is 0.326 e. The summed E-state index contributed by atoms with van der Waals surface area (Å²) in [5.74, 6) is 0.593. The average molecular weight is 400 g/mol. The number of carbonyl (C=O) groups is 3. The second-order valence-electron chi connectivity index (χ2n) is 8.26. The van der Waals surface area contributed by atoms with Gasteiger partial charge in [-0.05, 0) is 18.6 Å². The Morgan fingerprint density at radius 2 is 1.70 bits per heavy atom. The number of amides is 3. The number of quaternary nitrogens is 1. The fraction of sp³-hybridized carbons (Fsp3) is 0.292. The summed E-state index contributed by atoms with van der Waals surface area (Å²) in [6.07, 6.45) is 5.52. The zero-order valence-electron chi connectivity index (χ0n) is 16.6. The number of carbonyl (C=O) groups excluding carboxylic acids is 3. The van der Waals surface area contributed by atoms with E-state index in [9.17, 15) is 14.4 Å². The third kappa shape index (κ3) is 2.27. The van der Waals surface area contributed by atoms with Crippen LogP contribution in [0.2, 0.25) is 0 Å². The van der Waals surface area contributed by atoms with E-state index in [0.717, 1.165) is 16.8 Å². The molecule has 3 amide bonds. The lowest BCUT2D eigenvalue weighted by molar-refractivity contribution is -0.730. The monoisotopic (exact) mass is 400 g/mol. The van der Waals surface area contributed by atoms with Crippen LogP contribution in [0.3, 0.4) is 0 Å². The van der Waals surface area contributed by atoms with Crippen LogP contribution in [0.1, 0.15) is 18.1 Å². The normalized spacial score (nSPS) is 29.5. The summed E-state index contributed by atoms with van der Waals surface area (Å²) in [5.41, 5.74) is 1.24. The maximum Gasteiger partial charge on any atom is 0.295 e. The van der Waals surface area contributed by atoms with Crippen molar-refractivity contribution < 1.29 is 19.7 Å². The van der Waals surface area contributed by atoms with Gasteiger partial charge < -0.3 is 5.32 Å². The molecule has 6 nitrogen and oxygen atoms in total. The van der Waals surface area contributed by atoms with Crippen LogP contribution in [0.25, 0.3) is 0 Å². The van der Waals surface area contributed by atoms with Gasteiger partial charge in [0.1, 0.15) is 11.8 Å². The van der Waals surface area contributed by atoms with E-state index in [-0.39, 0.29) is 36.9 Å². The van der Waals surface area contributed by atoms with E-state index >= 15 is 0 Å². The summed E-state index contributed by atoms with van der Waals surface area (Å²) in [4.78, 5) is 43.5. The summed E-state index contributed by atoms with van der Waals surface area (Å²) in [6, 6.07) is 16.7. The summed E-state index contributed by atoms with van der Waals surface area (Å²) >= 11 is 0. The van der Waals surface area contributed by atoms with Gasteiger partial charge in [0.25, 0.3) is 5.91 Å². The van der Waals surface area contributed by atoms with Gasteiger partial charge in [0.05, 0.1) is 24.8 Å². The molecule has 2 N–H and O–H groups in total. The fourth-order valence-corrected chi connectivity index (χ4v) is 5.52. The second kappa shape index (κ2) is 6.54. The number of likely N-dealkylation sites (tertiary alicyclic amines) is 1. The minimum atomic E-state index is -1.14. The van der Waals surface area contributed by atoms with Crippen LogP contribution in [-0.2, 0) is 26.5 Å². The first-order valence-electron chi connectivity index (χ1n) is 10.1. The Bertz CT molecular complexity index is 1110. The molecule has 0 saturated carbocycles. The molecule has 3 heterocycles. The molecule has 2 saturated heterocycles. The highest BCUT2D eigenvalue weighted by Gasteiger charge is 2.74. The maximum atomic E-state index is 13.7. The van der Waals surface area contributed by atoms with Crippen molar-refractivity contribution in [3.8, 4) is 12.3 Å². The van der Waals surface area contributed by atoms with Crippen molar-refractivity contribution in [2.75, 3.05) is 11.4 Å². The van der Waals surface area contributed by atoms with Crippen LogP contribution in [0.15, 0.2) is 54.6 Å². The molecule has 2 fully saturated rings. The highest BCUT2D eigenvalue weighted by Crippen LogP contribution is 2.50. The van der Waals surface area contributed by atoms with E-state index in [2.05, 4.69) is 5.92 Å². The number of nitrogens with zero attached hydrogens (tertiary/aromatic N) is 2. The van der Waals surface area contributed by atoms with Crippen LogP contribution in [0.5, 0.6) is 0 Å². The van der Waals surface area contributed by atoms with Crippen molar-refractivity contribution in [2.24, 2.45) is 11.8 Å². The van der Waals surface area contributed by atoms with Gasteiger partial charge in [0, 0.05) is 5.56 Å². The van der Waals surface area contributed by atoms with Crippen LogP contribution in [0.4, 0.5) is 5.69 Å². The third-order valence-corrected chi connectivity index (χ3v) is 6.70.